The Bertz CT molecular complexity index is 487. The Hall–Kier alpha value is -1.27. The Balaban J connectivity index is 2.07. The van der Waals surface area contributed by atoms with E-state index in [4.69, 9.17) is 10.9 Å². The van der Waals surface area contributed by atoms with Crippen LogP contribution in [-0.2, 0) is 0 Å². The number of amidine groups is 1. The fraction of sp³-hybridized carbons (Fsp3) is 0.462. The molecule has 0 spiro atoms. The fourth-order valence-electron chi connectivity index (χ4n) is 2.37. The summed E-state index contributed by atoms with van der Waals surface area (Å²) in [7, 11) is 2.02. The molecule has 19 heavy (non-hydrogen) atoms. The molecule has 1 aromatic carbocycles. The van der Waals surface area contributed by atoms with Crippen LogP contribution in [0.1, 0.15) is 18.4 Å². The molecule has 0 saturated heterocycles. The summed E-state index contributed by atoms with van der Waals surface area (Å²) < 4.78 is 0.902. The maximum absolute atomic E-state index is 9.30. The van der Waals surface area contributed by atoms with Gasteiger partial charge in [-0.15, -0.1) is 0 Å². The molecule has 0 atom stereocenters. The van der Waals surface area contributed by atoms with Crippen molar-refractivity contribution in [3.8, 4) is 0 Å². The van der Waals surface area contributed by atoms with Crippen LogP contribution < -0.4 is 10.6 Å². The second kappa shape index (κ2) is 5.79. The number of benzene rings is 1. The second-order valence-corrected chi connectivity index (χ2v) is 5.88. The van der Waals surface area contributed by atoms with Crippen LogP contribution >= 0.6 is 15.9 Å². The highest BCUT2D eigenvalue weighted by molar-refractivity contribution is 9.10. The number of hydrogen-bond acceptors (Lipinski definition) is 4. The van der Waals surface area contributed by atoms with Crippen LogP contribution in [0.5, 0.6) is 0 Å². The first-order chi connectivity index (χ1) is 9.01. The van der Waals surface area contributed by atoms with E-state index in [-0.39, 0.29) is 11.9 Å². The number of hydrogen-bond donors (Lipinski definition) is 3. The molecule has 0 aliphatic heterocycles. The minimum Gasteiger partial charge on any atom is -0.409 e. The fourth-order valence-corrected chi connectivity index (χ4v) is 3.05. The van der Waals surface area contributed by atoms with Crippen LogP contribution in [0.15, 0.2) is 27.8 Å². The van der Waals surface area contributed by atoms with Crippen molar-refractivity contribution in [3.05, 3.63) is 28.2 Å². The maximum Gasteiger partial charge on any atom is 0.170 e. The van der Waals surface area contributed by atoms with Gasteiger partial charge in [0.1, 0.15) is 0 Å². The van der Waals surface area contributed by atoms with E-state index in [1.165, 1.54) is 0 Å². The van der Waals surface area contributed by atoms with E-state index in [1.807, 2.05) is 25.2 Å². The van der Waals surface area contributed by atoms with Crippen LogP contribution in [0.3, 0.4) is 0 Å². The summed E-state index contributed by atoms with van der Waals surface area (Å²) in [6.07, 6.45) is 1.64. The minimum absolute atomic E-state index is 0.0945. The predicted octanol–water partition coefficient (Wildman–Crippen LogP) is 1.75. The standard InChI is InChI=1S/C13H18BrN3O2/c1-17(7-8-4-10(18)5-8)12-3-2-9(6-11(12)14)13(15)16-19/h2-3,6,8,10,18-19H,4-5,7H2,1H3,(H2,15,16). The van der Waals surface area contributed by atoms with Gasteiger partial charge in [0.2, 0.25) is 0 Å². The highest BCUT2D eigenvalue weighted by atomic mass is 79.9. The summed E-state index contributed by atoms with van der Waals surface area (Å²) in [5.41, 5.74) is 7.28. The molecule has 0 aromatic heterocycles. The molecule has 0 heterocycles. The molecule has 1 fully saturated rings. The summed E-state index contributed by atoms with van der Waals surface area (Å²) >= 11 is 3.50. The van der Waals surface area contributed by atoms with Crippen LogP contribution in [-0.4, -0.2) is 35.8 Å². The lowest BCUT2D eigenvalue weighted by Crippen LogP contribution is -2.37. The Morgan fingerprint density at radius 3 is 2.74 bits per heavy atom. The van der Waals surface area contributed by atoms with Crippen molar-refractivity contribution in [3.63, 3.8) is 0 Å². The third-order valence-electron chi connectivity index (χ3n) is 3.51. The number of nitrogens with zero attached hydrogens (tertiary/aromatic N) is 2. The summed E-state index contributed by atoms with van der Waals surface area (Å²) in [5, 5.41) is 20.9. The van der Waals surface area contributed by atoms with Gasteiger partial charge in [0.25, 0.3) is 0 Å². The quantitative estimate of drug-likeness (QED) is 0.340. The zero-order chi connectivity index (χ0) is 14.0. The van der Waals surface area contributed by atoms with Crippen molar-refractivity contribution in [2.75, 3.05) is 18.5 Å². The van der Waals surface area contributed by atoms with E-state index in [0.29, 0.717) is 11.5 Å². The minimum atomic E-state index is -0.121. The average molecular weight is 328 g/mol. The van der Waals surface area contributed by atoms with Crippen molar-refractivity contribution >= 4 is 27.5 Å². The zero-order valence-corrected chi connectivity index (χ0v) is 12.3. The first-order valence-electron chi connectivity index (χ1n) is 6.18. The Labute approximate surface area is 120 Å². The molecule has 6 heteroatoms. The molecular formula is C13H18BrN3O2. The van der Waals surface area contributed by atoms with E-state index in [9.17, 15) is 5.11 Å². The second-order valence-electron chi connectivity index (χ2n) is 5.02. The number of aliphatic hydroxyl groups is 1. The Kier molecular flexibility index (Phi) is 4.31. The molecule has 104 valence electrons. The van der Waals surface area contributed by atoms with Gasteiger partial charge in [-0.25, -0.2) is 0 Å². The van der Waals surface area contributed by atoms with Gasteiger partial charge in [0.15, 0.2) is 5.84 Å². The third kappa shape index (κ3) is 3.19. The molecule has 0 radical (unpaired) electrons. The van der Waals surface area contributed by atoms with Gasteiger partial charge >= 0.3 is 0 Å². The number of anilines is 1. The smallest absolute Gasteiger partial charge is 0.170 e. The number of oxime groups is 1. The summed E-state index contributed by atoms with van der Waals surface area (Å²) in [4.78, 5) is 2.15. The highest BCUT2D eigenvalue weighted by Gasteiger charge is 2.28. The molecule has 0 bridgehead atoms. The molecule has 1 aromatic rings. The van der Waals surface area contributed by atoms with Crippen molar-refractivity contribution in [1.29, 1.82) is 0 Å². The van der Waals surface area contributed by atoms with Crippen LogP contribution in [0.25, 0.3) is 0 Å². The molecule has 1 aliphatic rings. The predicted molar refractivity (Wildman–Crippen MR) is 78.7 cm³/mol. The summed E-state index contributed by atoms with van der Waals surface area (Å²) in [6.45, 7) is 0.915. The van der Waals surface area contributed by atoms with Crippen LogP contribution in [0.4, 0.5) is 5.69 Å². The molecule has 2 rings (SSSR count). The normalized spacial score (nSPS) is 23.0. The molecule has 4 N–H and O–H groups in total. The maximum atomic E-state index is 9.30. The van der Waals surface area contributed by atoms with Crippen LogP contribution in [0.2, 0.25) is 0 Å². The van der Waals surface area contributed by atoms with Crippen molar-refractivity contribution in [1.82, 2.24) is 0 Å². The average Bonchev–Trinajstić information content (AvgIpc) is 2.35. The third-order valence-corrected chi connectivity index (χ3v) is 4.14. The Morgan fingerprint density at radius 1 is 1.53 bits per heavy atom. The highest BCUT2D eigenvalue weighted by Crippen LogP contribution is 2.32. The molecule has 5 nitrogen and oxygen atoms in total. The van der Waals surface area contributed by atoms with E-state index in [1.54, 1.807) is 0 Å². The molecule has 1 aliphatic carbocycles. The number of rotatable bonds is 4. The van der Waals surface area contributed by atoms with E-state index in [0.717, 1.165) is 29.5 Å². The van der Waals surface area contributed by atoms with Gasteiger partial charge in [-0.3, -0.25) is 0 Å². The summed E-state index contributed by atoms with van der Waals surface area (Å²) in [5.74, 6) is 0.646. The monoisotopic (exact) mass is 327 g/mol. The molecule has 1 saturated carbocycles. The van der Waals surface area contributed by atoms with Crippen molar-refractivity contribution in [2.45, 2.75) is 18.9 Å². The van der Waals surface area contributed by atoms with Crippen molar-refractivity contribution < 1.29 is 10.3 Å². The van der Waals surface area contributed by atoms with E-state index >= 15 is 0 Å². The van der Waals surface area contributed by atoms with Gasteiger partial charge in [-0.05, 0) is 52.9 Å². The topological polar surface area (TPSA) is 82.1 Å². The van der Waals surface area contributed by atoms with Gasteiger partial charge in [0.05, 0.1) is 11.8 Å². The lowest BCUT2D eigenvalue weighted by Gasteiger charge is -2.35. The summed E-state index contributed by atoms with van der Waals surface area (Å²) in [6, 6.07) is 5.59. The van der Waals surface area contributed by atoms with E-state index < -0.39 is 0 Å². The molecular weight excluding hydrogens is 310 g/mol. The lowest BCUT2D eigenvalue weighted by molar-refractivity contribution is 0.0465. The Morgan fingerprint density at radius 2 is 2.21 bits per heavy atom. The van der Waals surface area contributed by atoms with Crippen molar-refractivity contribution in [2.24, 2.45) is 16.8 Å². The van der Waals surface area contributed by atoms with E-state index in [2.05, 4.69) is 26.0 Å². The number of halogens is 1. The first kappa shape index (κ1) is 14.1. The lowest BCUT2D eigenvalue weighted by atomic mass is 9.82. The van der Waals surface area contributed by atoms with Gasteiger partial charge in [-0.1, -0.05) is 5.16 Å². The molecule has 0 amide bonds. The zero-order valence-electron chi connectivity index (χ0n) is 10.8. The largest absolute Gasteiger partial charge is 0.409 e. The number of nitrogens with two attached hydrogens (primary N) is 1. The molecule has 0 unspecified atom stereocenters. The van der Waals surface area contributed by atoms with Gasteiger partial charge < -0.3 is 20.9 Å². The van der Waals surface area contributed by atoms with Gasteiger partial charge in [-0.2, -0.15) is 0 Å². The SMILES string of the molecule is CN(CC1CC(O)C1)c1ccc(/C(N)=N/O)cc1Br. The van der Waals surface area contributed by atoms with Gasteiger partial charge in [0, 0.05) is 23.6 Å². The van der Waals surface area contributed by atoms with Crippen LogP contribution in [0, 0.1) is 5.92 Å². The number of aliphatic hydroxyl groups excluding tert-OH is 1. The first-order valence-corrected chi connectivity index (χ1v) is 6.97.